The van der Waals surface area contributed by atoms with Crippen LogP contribution in [0.15, 0.2) is 24.3 Å². The number of aromatic hydroxyl groups is 1. The van der Waals surface area contributed by atoms with Crippen LogP contribution in [0, 0.1) is 11.8 Å². The van der Waals surface area contributed by atoms with Gasteiger partial charge in [0.15, 0.2) is 0 Å². The lowest BCUT2D eigenvalue weighted by molar-refractivity contribution is 0.475. The highest BCUT2D eigenvalue weighted by Crippen LogP contribution is 2.08. The average Bonchev–Trinajstić information content (AvgIpc) is 2.09. The number of nitrogens with two attached hydrogens (primary N) is 1. The molecule has 0 bridgehead atoms. The molecule has 3 N–H and O–H groups in total. The molecular formula is C10H11NO. The van der Waals surface area contributed by atoms with Crippen LogP contribution < -0.4 is 5.73 Å². The fourth-order valence-electron chi connectivity index (χ4n) is 0.781. The molecule has 12 heavy (non-hydrogen) atoms. The summed E-state index contributed by atoms with van der Waals surface area (Å²) in [4.78, 5) is 0. The van der Waals surface area contributed by atoms with Crippen LogP contribution >= 0.6 is 0 Å². The van der Waals surface area contributed by atoms with Gasteiger partial charge in [0.1, 0.15) is 5.75 Å². The second kappa shape index (κ2) is 4.42. The standard InChI is InChI=1S/C10H11NO/c11-8-2-1-3-9-4-6-10(12)7-5-9/h4-7,12H,2,8,11H2. The summed E-state index contributed by atoms with van der Waals surface area (Å²) >= 11 is 0. The maximum atomic E-state index is 8.96. The van der Waals surface area contributed by atoms with Gasteiger partial charge in [-0.25, -0.2) is 0 Å². The molecule has 0 heterocycles. The first-order chi connectivity index (χ1) is 5.83. The molecule has 0 atom stereocenters. The maximum Gasteiger partial charge on any atom is 0.115 e. The van der Waals surface area contributed by atoms with Crippen molar-refractivity contribution in [3.8, 4) is 17.6 Å². The van der Waals surface area contributed by atoms with Gasteiger partial charge in [0.2, 0.25) is 0 Å². The Bertz CT molecular complexity index is 292. The van der Waals surface area contributed by atoms with Crippen molar-refractivity contribution in [1.82, 2.24) is 0 Å². The molecule has 0 saturated heterocycles. The minimum Gasteiger partial charge on any atom is -0.508 e. The molecule has 1 rings (SSSR count). The Hall–Kier alpha value is -1.46. The van der Waals surface area contributed by atoms with Crippen LogP contribution in [0.2, 0.25) is 0 Å². The van der Waals surface area contributed by atoms with Crippen molar-refractivity contribution in [2.45, 2.75) is 6.42 Å². The zero-order valence-corrected chi connectivity index (χ0v) is 6.75. The molecule has 0 spiro atoms. The van der Waals surface area contributed by atoms with Crippen LogP contribution in [0.3, 0.4) is 0 Å². The molecule has 1 aromatic rings. The lowest BCUT2D eigenvalue weighted by atomic mass is 10.2. The Morgan fingerprint density at radius 2 is 1.92 bits per heavy atom. The van der Waals surface area contributed by atoms with Crippen LogP contribution in [0.25, 0.3) is 0 Å². The number of phenolic OH excluding ortho intramolecular Hbond substituents is 1. The fraction of sp³-hybridized carbons (Fsp3) is 0.200. The molecule has 2 heteroatoms. The smallest absolute Gasteiger partial charge is 0.115 e. The molecular weight excluding hydrogens is 150 g/mol. The van der Waals surface area contributed by atoms with E-state index in [0.717, 1.165) is 5.56 Å². The van der Waals surface area contributed by atoms with Crippen molar-refractivity contribution in [3.05, 3.63) is 29.8 Å². The van der Waals surface area contributed by atoms with Gasteiger partial charge < -0.3 is 10.8 Å². The Kier molecular flexibility index (Phi) is 3.18. The highest BCUT2D eigenvalue weighted by atomic mass is 16.3. The van der Waals surface area contributed by atoms with Crippen LogP contribution in [0.5, 0.6) is 5.75 Å². The maximum absolute atomic E-state index is 8.96. The topological polar surface area (TPSA) is 46.2 Å². The van der Waals surface area contributed by atoms with Crippen molar-refractivity contribution < 1.29 is 5.11 Å². The van der Waals surface area contributed by atoms with E-state index in [0.29, 0.717) is 13.0 Å². The fourth-order valence-corrected chi connectivity index (χ4v) is 0.781. The van der Waals surface area contributed by atoms with Gasteiger partial charge >= 0.3 is 0 Å². The molecule has 2 nitrogen and oxygen atoms in total. The largest absolute Gasteiger partial charge is 0.508 e. The van der Waals surface area contributed by atoms with E-state index < -0.39 is 0 Å². The van der Waals surface area contributed by atoms with E-state index in [9.17, 15) is 0 Å². The van der Waals surface area contributed by atoms with E-state index in [-0.39, 0.29) is 5.75 Å². The quantitative estimate of drug-likeness (QED) is 0.606. The molecule has 1 aromatic carbocycles. The van der Waals surface area contributed by atoms with Gasteiger partial charge in [-0.3, -0.25) is 0 Å². The zero-order chi connectivity index (χ0) is 8.81. The highest BCUT2D eigenvalue weighted by Gasteiger charge is 1.86. The SMILES string of the molecule is NCCC#Cc1ccc(O)cc1. The van der Waals surface area contributed by atoms with E-state index in [1.54, 1.807) is 24.3 Å². The van der Waals surface area contributed by atoms with Gasteiger partial charge in [-0.1, -0.05) is 11.8 Å². The van der Waals surface area contributed by atoms with Crippen molar-refractivity contribution in [1.29, 1.82) is 0 Å². The van der Waals surface area contributed by atoms with E-state index in [1.807, 2.05) is 0 Å². The van der Waals surface area contributed by atoms with E-state index >= 15 is 0 Å². The number of hydrogen-bond donors (Lipinski definition) is 2. The van der Waals surface area contributed by atoms with Gasteiger partial charge in [-0.2, -0.15) is 0 Å². The van der Waals surface area contributed by atoms with Gasteiger partial charge in [0.05, 0.1) is 0 Å². The lowest BCUT2D eigenvalue weighted by Gasteiger charge is -1.90. The van der Waals surface area contributed by atoms with Crippen molar-refractivity contribution >= 4 is 0 Å². The predicted molar refractivity (Wildman–Crippen MR) is 48.7 cm³/mol. The summed E-state index contributed by atoms with van der Waals surface area (Å²) in [7, 11) is 0. The first-order valence-corrected chi connectivity index (χ1v) is 3.81. The molecule has 0 fully saturated rings. The summed E-state index contributed by atoms with van der Waals surface area (Å²) in [6.07, 6.45) is 0.709. The number of benzene rings is 1. The number of hydrogen-bond acceptors (Lipinski definition) is 2. The summed E-state index contributed by atoms with van der Waals surface area (Å²) in [5.41, 5.74) is 6.18. The van der Waals surface area contributed by atoms with Crippen molar-refractivity contribution in [2.75, 3.05) is 6.54 Å². The molecule has 0 aliphatic heterocycles. The Balaban J connectivity index is 2.66. The number of rotatable bonds is 1. The first kappa shape index (κ1) is 8.63. The zero-order valence-electron chi connectivity index (χ0n) is 6.75. The molecule has 62 valence electrons. The van der Waals surface area contributed by atoms with Gasteiger partial charge in [0.25, 0.3) is 0 Å². The van der Waals surface area contributed by atoms with Gasteiger partial charge in [-0.05, 0) is 24.3 Å². The minimum absolute atomic E-state index is 0.263. The minimum atomic E-state index is 0.263. The van der Waals surface area contributed by atoms with Crippen LogP contribution in [0.1, 0.15) is 12.0 Å². The van der Waals surface area contributed by atoms with Crippen LogP contribution in [-0.4, -0.2) is 11.7 Å². The highest BCUT2D eigenvalue weighted by molar-refractivity contribution is 5.37. The van der Waals surface area contributed by atoms with Crippen molar-refractivity contribution in [3.63, 3.8) is 0 Å². The van der Waals surface area contributed by atoms with Gasteiger partial charge in [-0.15, -0.1) is 0 Å². The third-order valence-electron chi connectivity index (χ3n) is 1.37. The van der Waals surface area contributed by atoms with Crippen LogP contribution in [0.4, 0.5) is 0 Å². The molecule has 0 aromatic heterocycles. The predicted octanol–water partition coefficient (Wildman–Crippen LogP) is 1.09. The lowest BCUT2D eigenvalue weighted by Crippen LogP contribution is -1.95. The van der Waals surface area contributed by atoms with Gasteiger partial charge in [0, 0.05) is 18.5 Å². The first-order valence-electron chi connectivity index (χ1n) is 3.81. The monoisotopic (exact) mass is 161 g/mol. The third-order valence-corrected chi connectivity index (χ3v) is 1.37. The van der Waals surface area contributed by atoms with Crippen molar-refractivity contribution in [2.24, 2.45) is 5.73 Å². The second-order valence-electron chi connectivity index (χ2n) is 2.39. The summed E-state index contributed by atoms with van der Waals surface area (Å²) in [5.74, 6) is 6.11. The summed E-state index contributed by atoms with van der Waals surface area (Å²) in [5, 5.41) is 8.96. The molecule has 0 radical (unpaired) electrons. The summed E-state index contributed by atoms with van der Waals surface area (Å²) < 4.78 is 0. The molecule has 0 aliphatic carbocycles. The third kappa shape index (κ3) is 2.65. The normalized spacial score (nSPS) is 8.75. The Morgan fingerprint density at radius 1 is 1.25 bits per heavy atom. The van der Waals surface area contributed by atoms with E-state index in [1.165, 1.54) is 0 Å². The second-order valence-corrected chi connectivity index (χ2v) is 2.39. The number of phenols is 1. The average molecular weight is 161 g/mol. The molecule has 0 aliphatic rings. The Labute approximate surface area is 72.0 Å². The Morgan fingerprint density at radius 3 is 2.50 bits per heavy atom. The molecule has 0 amide bonds. The van der Waals surface area contributed by atoms with E-state index in [4.69, 9.17) is 10.8 Å². The summed E-state index contributed by atoms with van der Waals surface area (Å²) in [6.45, 7) is 0.588. The van der Waals surface area contributed by atoms with E-state index in [2.05, 4.69) is 11.8 Å². The molecule has 0 unspecified atom stereocenters. The van der Waals surface area contributed by atoms with Crippen LogP contribution in [-0.2, 0) is 0 Å². The molecule has 0 saturated carbocycles. The summed E-state index contributed by atoms with van der Waals surface area (Å²) in [6, 6.07) is 6.79.